The zero-order valence-electron chi connectivity index (χ0n) is 17.8. The standard InChI is InChI=1S/C23H26N2OSi/c1-14(2)19-12-20(24-13-21(19)27(4,5)6)18-9-7-8-16-17-11-10-15(3)25-23(17)26-22(16)18/h7-14H,1-6H3/i14D. The Kier molecular flexibility index (Phi) is 3.90. The number of benzene rings is 1. The van der Waals surface area contributed by atoms with E-state index in [-0.39, 0.29) is 0 Å². The van der Waals surface area contributed by atoms with Crippen LogP contribution in [0.2, 0.25) is 19.6 Å². The van der Waals surface area contributed by atoms with Gasteiger partial charge in [0.1, 0.15) is 5.58 Å². The molecule has 3 aromatic heterocycles. The average molecular weight is 376 g/mol. The highest BCUT2D eigenvalue weighted by molar-refractivity contribution is 6.89. The molecule has 4 aromatic rings. The van der Waals surface area contributed by atoms with Gasteiger partial charge in [-0.3, -0.25) is 4.98 Å². The number of hydrogen-bond acceptors (Lipinski definition) is 3. The molecule has 0 saturated carbocycles. The van der Waals surface area contributed by atoms with Gasteiger partial charge in [-0.1, -0.05) is 45.6 Å². The minimum atomic E-state index is -1.61. The molecule has 0 spiro atoms. The quantitative estimate of drug-likeness (QED) is 0.411. The van der Waals surface area contributed by atoms with Crippen LogP contribution in [0, 0.1) is 6.92 Å². The van der Waals surface area contributed by atoms with Gasteiger partial charge >= 0.3 is 0 Å². The van der Waals surface area contributed by atoms with E-state index in [1.165, 1.54) is 5.19 Å². The molecule has 4 heteroatoms. The van der Waals surface area contributed by atoms with Gasteiger partial charge in [0.2, 0.25) is 5.71 Å². The average Bonchev–Trinajstić information content (AvgIpc) is 2.97. The van der Waals surface area contributed by atoms with Crippen LogP contribution in [0.3, 0.4) is 0 Å². The number of nitrogens with zero attached hydrogens (tertiary/aromatic N) is 2. The van der Waals surface area contributed by atoms with Gasteiger partial charge in [0, 0.05) is 29.6 Å². The number of aryl methyl sites for hydroxylation is 1. The second-order valence-electron chi connectivity index (χ2n) is 8.45. The van der Waals surface area contributed by atoms with Crippen molar-refractivity contribution in [3.8, 4) is 11.3 Å². The predicted octanol–water partition coefficient (Wildman–Crippen LogP) is 6.02. The summed E-state index contributed by atoms with van der Waals surface area (Å²) in [7, 11) is -1.61. The third kappa shape index (κ3) is 3.08. The maximum atomic E-state index is 8.69. The van der Waals surface area contributed by atoms with Crippen molar-refractivity contribution in [1.29, 1.82) is 0 Å². The number of pyridine rings is 2. The maximum Gasteiger partial charge on any atom is 0.227 e. The molecule has 0 amide bonds. The molecule has 3 nitrogen and oxygen atoms in total. The van der Waals surface area contributed by atoms with Crippen LogP contribution in [0.25, 0.3) is 33.3 Å². The Morgan fingerprint density at radius 3 is 2.56 bits per heavy atom. The summed E-state index contributed by atoms with van der Waals surface area (Å²) in [5.41, 5.74) is 5.24. The summed E-state index contributed by atoms with van der Waals surface area (Å²) < 4.78 is 14.8. The number of para-hydroxylation sites is 1. The van der Waals surface area contributed by atoms with E-state index in [1.807, 2.05) is 45.2 Å². The molecule has 0 aliphatic heterocycles. The molecule has 0 bridgehead atoms. The lowest BCUT2D eigenvalue weighted by Gasteiger charge is -2.23. The molecule has 4 rings (SSSR count). The number of hydrogen-bond donors (Lipinski definition) is 0. The first-order valence-electron chi connectivity index (χ1n) is 9.86. The van der Waals surface area contributed by atoms with Crippen molar-refractivity contribution in [2.75, 3.05) is 0 Å². The van der Waals surface area contributed by atoms with Gasteiger partial charge in [-0.15, -0.1) is 0 Å². The third-order valence-electron chi connectivity index (χ3n) is 5.03. The number of aromatic nitrogens is 2. The van der Waals surface area contributed by atoms with Crippen LogP contribution in [-0.2, 0) is 0 Å². The summed E-state index contributed by atoms with van der Waals surface area (Å²) in [6, 6.07) is 12.3. The Bertz CT molecular complexity index is 1200. The lowest BCUT2D eigenvalue weighted by molar-refractivity contribution is 0.653. The largest absolute Gasteiger partial charge is 0.437 e. The molecular formula is C23H26N2OSi. The molecular weight excluding hydrogens is 348 g/mol. The molecule has 0 aliphatic rings. The van der Waals surface area contributed by atoms with Crippen molar-refractivity contribution < 1.29 is 5.79 Å². The zero-order chi connectivity index (χ0) is 20.3. The van der Waals surface area contributed by atoms with Crippen LogP contribution in [0.5, 0.6) is 0 Å². The van der Waals surface area contributed by atoms with Crippen LogP contribution < -0.4 is 5.19 Å². The third-order valence-corrected chi connectivity index (χ3v) is 7.04. The molecule has 0 atom stereocenters. The van der Waals surface area contributed by atoms with Crippen LogP contribution >= 0.6 is 0 Å². The van der Waals surface area contributed by atoms with Gasteiger partial charge in [0.05, 0.1) is 13.8 Å². The van der Waals surface area contributed by atoms with Crippen molar-refractivity contribution in [2.24, 2.45) is 0 Å². The van der Waals surface area contributed by atoms with E-state index < -0.39 is 14.0 Å². The van der Waals surface area contributed by atoms with Gasteiger partial charge in [-0.05, 0) is 47.8 Å². The highest BCUT2D eigenvalue weighted by Crippen LogP contribution is 2.35. The van der Waals surface area contributed by atoms with Gasteiger partial charge in [0.25, 0.3) is 0 Å². The van der Waals surface area contributed by atoms with E-state index in [4.69, 9.17) is 10.8 Å². The smallest absolute Gasteiger partial charge is 0.227 e. The fraction of sp³-hybridized carbons (Fsp3) is 0.304. The summed E-state index contributed by atoms with van der Waals surface area (Å²) in [4.78, 5) is 9.34. The lowest BCUT2D eigenvalue weighted by atomic mass is 10.0. The molecule has 0 saturated heterocycles. The van der Waals surface area contributed by atoms with E-state index in [9.17, 15) is 0 Å². The Hall–Kier alpha value is -2.46. The first-order chi connectivity index (χ1) is 13.1. The van der Waals surface area contributed by atoms with Gasteiger partial charge < -0.3 is 4.42 Å². The molecule has 0 unspecified atom stereocenters. The summed E-state index contributed by atoms with van der Waals surface area (Å²) in [6.07, 6.45) is 1.98. The van der Waals surface area contributed by atoms with E-state index in [1.54, 1.807) is 0 Å². The number of fused-ring (bicyclic) bond motifs is 3. The van der Waals surface area contributed by atoms with Crippen LogP contribution in [0.4, 0.5) is 0 Å². The Balaban J connectivity index is 1.99. The second-order valence-corrected chi connectivity index (χ2v) is 13.5. The van der Waals surface area contributed by atoms with Crippen molar-refractivity contribution in [3.63, 3.8) is 0 Å². The Morgan fingerprint density at radius 1 is 1.07 bits per heavy atom. The highest BCUT2D eigenvalue weighted by atomic mass is 28.3. The lowest BCUT2D eigenvalue weighted by Crippen LogP contribution is -2.40. The minimum Gasteiger partial charge on any atom is -0.437 e. The highest BCUT2D eigenvalue weighted by Gasteiger charge is 2.23. The molecule has 0 aliphatic carbocycles. The number of rotatable bonds is 3. The molecule has 0 fully saturated rings. The van der Waals surface area contributed by atoms with E-state index >= 15 is 0 Å². The Morgan fingerprint density at radius 2 is 1.85 bits per heavy atom. The molecule has 0 N–H and O–H groups in total. The summed E-state index contributed by atoms with van der Waals surface area (Å²) in [5.74, 6) is -0.687. The van der Waals surface area contributed by atoms with E-state index in [0.717, 1.165) is 38.9 Å². The monoisotopic (exact) mass is 375 g/mol. The van der Waals surface area contributed by atoms with Gasteiger partial charge in [-0.2, -0.15) is 0 Å². The second kappa shape index (κ2) is 6.31. The van der Waals surface area contributed by atoms with Crippen molar-refractivity contribution in [3.05, 3.63) is 53.9 Å². The van der Waals surface area contributed by atoms with Crippen molar-refractivity contribution in [2.45, 2.75) is 46.3 Å². The first kappa shape index (κ1) is 16.7. The predicted molar refractivity (Wildman–Crippen MR) is 117 cm³/mol. The van der Waals surface area contributed by atoms with Gasteiger partial charge in [0.15, 0.2) is 0 Å². The fourth-order valence-corrected chi connectivity index (χ4v) is 5.17. The summed E-state index contributed by atoms with van der Waals surface area (Å²) >= 11 is 0. The zero-order valence-corrected chi connectivity index (χ0v) is 17.8. The van der Waals surface area contributed by atoms with Crippen molar-refractivity contribution in [1.82, 2.24) is 9.97 Å². The first-order valence-corrected chi connectivity index (χ1v) is 12.9. The van der Waals surface area contributed by atoms with Crippen LogP contribution in [0.1, 0.15) is 32.4 Å². The van der Waals surface area contributed by atoms with Crippen LogP contribution in [0.15, 0.2) is 47.0 Å². The SMILES string of the molecule is [2H]C(C)(C)c1cc(-c2cccc3c2oc2nc(C)ccc23)ncc1[Si](C)(C)C. The summed E-state index contributed by atoms with van der Waals surface area (Å²) in [6.45, 7) is 12.8. The van der Waals surface area contributed by atoms with E-state index in [0.29, 0.717) is 5.71 Å². The topological polar surface area (TPSA) is 38.9 Å². The Labute approximate surface area is 162 Å². The normalized spacial score (nSPS) is 13.3. The van der Waals surface area contributed by atoms with Gasteiger partial charge in [-0.25, -0.2) is 4.98 Å². The molecule has 27 heavy (non-hydrogen) atoms. The number of furan rings is 1. The maximum absolute atomic E-state index is 8.69. The van der Waals surface area contributed by atoms with Crippen LogP contribution in [-0.4, -0.2) is 18.0 Å². The summed E-state index contributed by atoms with van der Waals surface area (Å²) in [5, 5.41) is 3.30. The molecule has 3 heterocycles. The molecule has 1 aromatic carbocycles. The van der Waals surface area contributed by atoms with E-state index in [2.05, 4.69) is 42.8 Å². The minimum absolute atomic E-state index is 0.655. The fourth-order valence-electron chi connectivity index (χ4n) is 3.59. The molecule has 138 valence electrons. The van der Waals surface area contributed by atoms with Crippen molar-refractivity contribution >= 4 is 35.3 Å². The molecule has 0 radical (unpaired) electrons.